The third kappa shape index (κ3) is 3.04. The largest absolute Gasteiger partial charge is 0.348 e. The molecule has 1 aliphatic rings. The van der Waals surface area contributed by atoms with Crippen LogP contribution in [0.1, 0.15) is 12.5 Å². The summed E-state index contributed by atoms with van der Waals surface area (Å²) in [5, 5.41) is 3.22. The lowest BCUT2D eigenvalue weighted by molar-refractivity contribution is -0.149. The van der Waals surface area contributed by atoms with Crippen molar-refractivity contribution >= 4 is 11.9 Å². The molecule has 1 atom stereocenters. The Labute approximate surface area is 99.3 Å². The van der Waals surface area contributed by atoms with E-state index in [1.165, 1.54) is 0 Å². The van der Waals surface area contributed by atoms with Crippen LogP contribution in [0.3, 0.4) is 0 Å². The Morgan fingerprint density at radius 1 is 1.35 bits per heavy atom. The molecule has 0 radical (unpaired) electrons. The average Bonchev–Trinajstić information content (AvgIpc) is 2.58. The molecule has 1 heterocycles. The van der Waals surface area contributed by atoms with E-state index in [2.05, 4.69) is 5.32 Å². The Kier molecular flexibility index (Phi) is 3.39. The van der Waals surface area contributed by atoms with Crippen LogP contribution in [-0.2, 0) is 16.1 Å². The Bertz CT molecular complexity index is 419. The molecule has 5 nitrogen and oxygen atoms in total. The maximum absolute atomic E-state index is 11.2. The Balaban J connectivity index is 1.87. The Morgan fingerprint density at radius 3 is 2.65 bits per heavy atom. The highest BCUT2D eigenvalue weighted by molar-refractivity contribution is 6.01. The molecule has 0 spiro atoms. The zero-order valence-corrected chi connectivity index (χ0v) is 9.55. The molecule has 2 rings (SSSR count). The number of hydroxylamine groups is 2. The predicted octanol–water partition coefficient (Wildman–Crippen LogP) is 1.10. The molecule has 1 aliphatic heterocycles. The lowest BCUT2D eigenvalue weighted by Gasteiger charge is -2.19. The number of imide groups is 1. The normalized spacial score (nSPS) is 17.1. The van der Waals surface area contributed by atoms with Crippen LogP contribution in [0.5, 0.6) is 0 Å². The van der Waals surface area contributed by atoms with Gasteiger partial charge in [0.15, 0.2) is 0 Å². The van der Waals surface area contributed by atoms with E-state index in [9.17, 15) is 9.59 Å². The zero-order valence-electron chi connectivity index (χ0n) is 9.55. The highest BCUT2D eigenvalue weighted by Gasteiger charge is 2.29. The molecule has 5 heteroatoms. The number of benzene rings is 1. The number of nitrogens with zero attached hydrogens (tertiary/aromatic N) is 1. The smallest absolute Gasteiger partial charge is 0.274 e. The molecule has 1 N–H and O–H groups in total. The second kappa shape index (κ2) is 4.97. The van der Waals surface area contributed by atoms with Gasteiger partial charge < -0.3 is 0 Å². The van der Waals surface area contributed by atoms with Crippen molar-refractivity contribution in [3.8, 4) is 0 Å². The van der Waals surface area contributed by atoms with Gasteiger partial charge in [-0.1, -0.05) is 30.3 Å². The SMILES string of the molecule is CC(Cc1ccccc1)ON1CC(=O)NC1=O. The molecule has 1 aromatic carbocycles. The molecule has 1 unspecified atom stereocenters. The van der Waals surface area contributed by atoms with E-state index in [4.69, 9.17) is 4.84 Å². The molecule has 1 saturated heterocycles. The summed E-state index contributed by atoms with van der Waals surface area (Å²) in [4.78, 5) is 27.6. The van der Waals surface area contributed by atoms with Crippen LogP contribution in [-0.4, -0.2) is 29.7 Å². The molecule has 1 fully saturated rings. The fourth-order valence-electron chi connectivity index (χ4n) is 1.71. The highest BCUT2D eigenvalue weighted by Crippen LogP contribution is 2.09. The van der Waals surface area contributed by atoms with Gasteiger partial charge >= 0.3 is 6.03 Å². The van der Waals surface area contributed by atoms with E-state index in [1.807, 2.05) is 37.3 Å². The first-order valence-electron chi connectivity index (χ1n) is 5.47. The van der Waals surface area contributed by atoms with Crippen molar-refractivity contribution in [3.63, 3.8) is 0 Å². The van der Waals surface area contributed by atoms with Gasteiger partial charge in [-0.25, -0.2) is 4.79 Å². The van der Waals surface area contributed by atoms with Crippen LogP contribution in [0.4, 0.5) is 4.79 Å². The van der Waals surface area contributed by atoms with E-state index in [1.54, 1.807) is 0 Å². The van der Waals surface area contributed by atoms with Gasteiger partial charge in [0.25, 0.3) is 0 Å². The van der Waals surface area contributed by atoms with Crippen molar-refractivity contribution in [1.82, 2.24) is 10.4 Å². The summed E-state index contributed by atoms with van der Waals surface area (Å²) in [6, 6.07) is 9.35. The number of urea groups is 1. The average molecular weight is 234 g/mol. The van der Waals surface area contributed by atoms with E-state index in [0.717, 1.165) is 10.6 Å². The molecule has 3 amide bonds. The molecule has 0 saturated carbocycles. The van der Waals surface area contributed by atoms with E-state index < -0.39 is 6.03 Å². The summed E-state index contributed by atoms with van der Waals surface area (Å²) in [5.74, 6) is -0.332. The monoisotopic (exact) mass is 234 g/mol. The summed E-state index contributed by atoms with van der Waals surface area (Å²) < 4.78 is 0. The van der Waals surface area contributed by atoms with Crippen LogP contribution in [0, 0.1) is 0 Å². The van der Waals surface area contributed by atoms with E-state index >= 15 is 0 Å². The minimum Gasteiger partial charge on any atom is -0.274 e. The first-order valence-corrected chi connectivity index (χ1v) is 5.47. The quantitative estimate of drug-likeness (QED) is 0.794. The Hall–Kier alpha value is -1.88. The minimum atomic E-state index is -0.491. The second-order valence-electron chi connectivity index (χ2n) is 4.00. The summed E-state index contributed by atoms with van der Waals surface area (Å²) in [7, 11) is 0. The van der Waals surface area contributed by atoms with Gasteiger partial charge in [0.2, 0.25) is 5.91 Å². The standard InChI is InChI=1S/C12H14N2O3/c1-9(7-10-5-3-2-4-6-10)17-14-8-11(15)13-12(14)16/h2-6,9H,7-8H2,1H3,(H,13,15,16). The number of carbonyl (C=O) groups excluding carboxylic acids is 2. The molecule has 1 aromatic rings. The Morgan fingerprint density at radius 2 is 2.06 bits per heavy atom. The van der Waals surface area contributed by atoms with Gasteiger partial charge in [0.1, 0.15) is 6.54 Å². The number of hydrogen-bond donors (Lipinski definition) is 1. The molecule has 17 heavy (non-hydrogen) atoms. The minimum absolute atomic E-state index is 0.0298. The van der Waals surface area contributed by atoms with Gasteiger partial charge in [-0.2, -0.15) is 5.06 Å². The summed E-state index contributed by atoms with van der Waals surface area (Å²) in [6.07, 6.45) is 0.535. The molecular weight excluding hydrogens is 220 g/mol. The number of amides is 3. The summed E-state index contributed by atoms with van der Waals surface area (Å²) in [5.41, 5.74) is 1.13. The number of rotatable bonds is 4. The van der Waals surface area contributed by atoms with Crippen LogP contribution in [0.25, 0.3) is 0 Å². The molecular formula is C12H14N2O3. The van der Waals surface area contributed by atoms with Gasteiger partial charge in [-0.3, -0.25) is 14.9 Å². The third-order valence-electron chi connectivity index (χ3n) is 2.43. The molecule has 90 valence electrons. The lowest BCUT2D eigenvalue weighted by Crippen LogP contribution is -2.32. The first kappa shape index (κ1) is 11.6. The number of carbonyl (C=O) groups is 2. The summed E-state index contributed by atoms with van der Waals surface area (Å²) in [6.45, 7) is 1.83. The number of nitrogens with one attached hydrogen (secondary N) is 1. The maximum atomic E-state index is 11.2. The fourth-order valence-corrected chi connectivity index (χ4v) is 1.71. The van der Waals surface area contributed by atoms with Crippen molar-refractivity contribution in [2.45, 2.75) is 19.4 Å². The first-order chi connectivity index (χ1) is 8.15. The van der Waals surface area contributed by atoms with Gasteiger partial charge in [-0.15, -0.1) is 0 Å². The fraction of sp³-hybridized carbons (Fsp3) is 0.333. The highest BCUT2D eigenvalue weighted by atomic mass is 16.7. The van der Waals surface area contributed by atoms with Gasteiger partial charge in [0.05, 0.1) is 6.10 Å². The van der Waals surface area contributed by atoms with Crippen LogP contribution < -0.4 is 5.32 Å². The summed E-state index contributed by atoms with van der Waals surface area (Å²) >= 11 is 0. The zero-order chi connectivity index (χ0) is 12.3. The van der Waals surface area contributed by atoms with Crippen molar-refractivity contribution in [2.75, 3.05) is 6.54 Å². The third-order valence-corrected chi connectivity index (χ3v) is 2.43. The van der Waals surface area contributed by atoms with Crippen molar-refractivity contribution in [1.29, 1.82) is 0 Å². The lowest BCUT2D eigenvalue weighted by atomic mass is 10.1. The van der Waals surface area contributed by atoms with Crippen molar-refractivity contribution < 1.29 is 14.4 Å². The van der Waals surface area contributed by atoms with Crippen molar-refractivity contribution in [3.05, 3.63) is 35.9 Å². The van der Waals surface area contributed by atoms with Crippen molar-refractivity contribution in [2.24, 2.45) is 0 Å². The van der Waals surface area contributed by atoms with E-state index in [-0.39, 0.29) is 18.6 Å². The van der Waals surface area contributed by atoms with Crippen LogP contribution in [0.2, 0.25) is 0 Å². The van der Waals surface area contributed by atoms with Crippen LogP contribution >= 0.6 is 0 Å². The van der Waals surface area contributed by atoms with Crippen LogP contribution in [0.15, 0.2) is 30.3 Å². The predicted molar refractivity (Wildman–Crippen MR) is 60.9 cm³/mol. The molecule has 0 aliphatic carbocycles. The number of hydrogen-bond acceptors (Lipinski definition) is 3. The molecule has 0 aromatic heterocycles. The van der Waals surface area contributed by atoms with Gasteiger partial charge in [-0.05, 0) is 12.5 Å². The maximum Gasteiger partial charge on any atom is 0.348 e. The van der Waals surface area contributed by atoms with E-state index in [0.29, 0.717) is 6.42 Å². The topological polar surface area (TPSA) is 58.6 Å². The second-order valence-corrected chi connectivity index (χ2v) is 4.00. The molecule has 0 bridgehead atoms. The van der Waals surface area contributed by atoms with Gasteiger partial charge in [0, 0.05) is 6.42 Å².